The molecule has 2 radical (unpaired) electrons. The highest BCUT2D eigenvalue weighted by atomic mass is 19.2. The summed E-state index contributed by atoms with van der Waals surface area (Å²) in [5.74, 6) is -5.37. The summed E-state index contributed by atoms with van der Waals surface area (Å²) in [5, 5.41) is 8.49. The Morgan fingerprint density at radius 2 is 1.73 bits per heavy atom. The topological polar surface area (TPSA) is 20.2 Å². The largest absolute Gasteiger partial charge is 0.505 e. The van der Waals surface area contributed by atoms with E-state index < -0.39 is 28.7 Å². The average molecular weight is 158 g/mol. The highest BCUT2D eigenvalue weighted by molar-refractivity contribution is 6.32. The van der Waals surface area contributed by atoms with Crippen molar-refractivity contribution in [1.82, 2.24) is 0 Å². The zero-order valence-corrected chi connectivity index (χ0v) is 5.24. The zero-order valence-electron chi connectivity index (χ0n) is 5.24. The van der Waals surface area contributed by atoms with Gasteiger partial charge in [0.2, 0.25) is 0 Å². The second-order valence-electron chi connectivity index (χ2n) is 1.92. The number of benzene rings is 1. The van der Waals surface area contributed by atoms with Crippen LogP contribution in [-0.4, -0.2) is 13.0 Å². The van der Waals surface area contributed by atoms with E-state index in [1.54, 1.807) is 0 Å². The van der Waals surface area contributed by atoms with Crippen LogP contribution in [0.1, 0.15) is 0 Å². The van der Waals surface area contributed by atoms with Gasteiger partial charge in [0.25, 0.3) is 0 Å². The van der Waals surface area contributed by atoms with E-state index >= 15 is 0 Å². The molecule has 0 heterocycles. The minimum atomic E-state index is -1.57. The molecule has 0 aromatic heterocycles. The first kappa shape index (κ1) is 7.98. The standard InChI is InChI=1S/C6H2BF3O/c7-4-2(8)1-3(11)5(9)6(4)10/h1,11H. The first-order valence-corrected chi connectivity index (χ1v) is 2.66. The maximum absolute atomic E-state index is 12.4. The number of halogens is 3. The Balaban J connectivity index is 3.46. The number of hydrogen-bond acceptors (Lipinski definition) is 1. The Labute approximate surface area is 61.9 Å². The molecule has 1 aromatic rings. The van der Waals surface area contributed by atoms with Crippen LogP contribution in [0.15, 0.2) is 6.07 Å². The third-order valence-electron chi connectivity index (χ3n) is 1.17. The van der Waals surface area contributed by atoms with Crippen molar-refractivity contribution in [2.45, 2.75) is 0 Å². The molecule has 0 unspecified atom stereocenters. The van der Waals surface area contributed by atoms with Crippen LogP contribution in [0, 0.1) is 17.5 Å². The molecule has 0 saturated carbocycles. The average Bonchev–Trinajstić information content (AvgIpc) is 1.97. The van der Waals surface area contributed by atoms with Crippen LogP contribution in [0.3, 0.4) is 0 Å². The van der Waals surface area contributed by atoms with Gasteiger partial charge in [-0.2, -0.15) is 4.39 Å². The summed E-state index contributed by atoms with van der Waals surface area (Å²) in [7, 11) is 4.75. The van der Waals surface area contributed by atoms with Gasteiger partial charge in [0.15, 0.2) is 17.4 Å². The number of rotatable bonds is 0. The van der Waals surface area contributed by atoms with Crippen molar-refractivity contribution in [3.8, 4) is 5.75 Å². The smallest absolute Gasteiger partial charge is 0.199 e. The van der Waals surface area contributed by atoms with Crippen LogP contribution >= 0.6 is 0 Å². The molecule has 0 atom stereocenters. The van der Waals surface area contributed by atoms with Gasteiger partial charge in [0.1, 0.15) is 13.7 Å². The van der Waals surface area contributed by atoms with Crippen molar-refractivity contribution < 1.29 is 18.3 Å². The van der Waals surface area contributed by atoms with Gasteiger partial charge in [-0.25, -0.2) is 8.78 Å². The molecule has 1 rings (SSSR count). The molecule has 0 aliphatic carbocycles. The number of aromatic hydroxyl groups is 1. The quantitative estimate of drug-likeness (QED) is 0.433. The minimum Gasteiger partial charge on any atom is -0.505 e. The molecule has 0 saturated heterocycles. The summed E-state index contributed by atoms with van der Waals surface area (Å²) in [6, 6.07) is 0.410. The molecule has 0 bridgehead atoms. The van der Waals surface area contributed by atoms with Gasteiger partial charge in [-0.05, 0) is 5.46 Å². The molecule has 0 fully saturated rings. The van der Waals surface area contributed by atoms with Gasteiger partial charge in [-0.3, -0.25) is 0 Å². The Morgan fingerprint density at radius 3 is 2.27 bits per heavy atom. The first-order valence-electron chi connectivity index (χ1n) is 2.66. The van der Waals surface area contributed by atoms with Crippen molar-refractivity contribution >= 4 is 13.3 Å². The third kappa shape index (κ3) is 1.18. The van der Waals surface area contributed by atoms with Gasteiger partial charge in [0, 0.05) is 6.07 Å². The monoisotopic (exact) mass is 158 g/mol. The van der Waals surface area contributed by atoms with Crippen LogP contribution in [0.4, 0.5) is 13.2 Å². The van der Waals surface area contributed by atoms with E-state index in [2.05, 4.69) is 0 Å². The van der Waals surface area contributed by atoms with Crippen molar-refractivity contribution in [2.75, 3.05) is 0 Å². The van der Waals surface area contributed by atoms with E-state index in [4.69, 9.17) is 13.0 Å². The maximum Gasteiger partial charge on any atom is 0.199 e. The van der Waals surface area contributed by atoms with Gasteiger partial charge < -0.3 is 5.11 Å². The van der Waals surface area contributed by atoms with E-state index in [9.17, 15) is 13.2 Å². The molecule has 1 aromatic carbocycles. The summed E-state index contributed by atoms with van der Waals surface area (Å²) in [6.07, 6.45) is 0. The van der Waals surface area contributed by atoms with Crippen LogP contribution in [0.5, 0.6) is 5.75 Å². The lowest BCUT2D eigenvalue weighted by atomic mass is 9.94. The highest BCUT2D eigenvalue weighted by Gasteiger charge is 2.13. The van der Waals surface area contributed by atoms with Gasteiger partial charge in [0.05, 0.1) is 0 Å². The molecule has 56 valence electrons. The molecular formula is C6H2BF3O. The zero-order chi connectivity index (χ0) is 8.59. The fourth-order valence-corrected chi connectivity index (χ4v) is 0.597. The number of hydrogen-bond donors (Lipinski definition) is 1. The van der Waals surface area contributed by atoms with Crippen molar-refractivity contribution in [3.05, 3.63) is 23.5 Å². The van der Waals surface area contributed by atoms with Gasteiger partial charge >= 0.3 is 0 Å². The Hall–Kier alpha value is -1.13. The molecule has 11 heavy (non-hydrogen) atoms. The molecule has 1 N–H and O–H groups in total. The predicted octanol–water partition coefficient (Wildman–Crippen LogP) is 0.603. The molecule has 0 aliphatic heterocycles. The van der Waals surface area contributed by atoms with Gasteiger partial charge in [-0.1, -0.05) is 0 Å². The van der Waals surface area contributed by atoms with Crippen molar-refractivity contribution in [2.24, 2.45) is 0 Å². The molecule has 0 amide bonds. The van der Waals surface area contributed by atoms with E-state index in [0.29, 0.717) is 6.07 Å². The summed E-state index contributed by atoms with van der Waals surface area (Å²) in [4.78, 5) is 0. The Morgan fingerprint density at radius 1 is 1.18 bits per heavy atom. The van der Waals surface area contributed by atoms with Crippen LogP contribution in [-0.2, 0) is 0 Å². The number of phenols is 1. The van der Waals surface area contributed by atoms with E-state index in [1.165, 1.54) is 0 Å². The summed E-state index contributed by atoms with van der Waals surface area (Å²) in [6.45, 7) is 0. The molecular weight excluding hydrogens is 156 g/mol. The Bertz CT molecular complexity index is 274. The molecule has 5 heteroatoms. The third-order valence-corrected chi connectivity index (χ3v) is 1.17. The first-order chi connectivity index (χ1) is 5.04. The second-order valence-corrected chi connectivity index (χ2v) is 1.92. The maximum atomic E-state index is 12.4. The van der Waals surface area contributed by atoms with E-state index in [0.717, 1.165) is 0 Å². The SMILES string of the molecule is [B]c1c(F)cc(O)c(F)c1F. The van der Waals surface area contributed by atoms with Crippen molar-refractivity contribution in [1.29, 1.82) is 0 Å². The minimum absolute atomic E-state index is 0.410. The van der Waals surface area contributed by atoms with E-state index in [1.807, 2.05) is 0 Å². The lowest BCUT2D eigenvalue weighted by molar-refractivity contribution is 0.402. The van der Waals surface area contributed by atoms with Crippen molar-refractivity contribution in [3.63, 3.8) is 0 Å². The summed E-state index contributed by atoms with van der Waals surface area (Å²) in [5.41, 5.74) is -0.930. The highest BCUT2D eigenvalue weighted by Crippen LogP contribution is 2.17. The van der Waals surface area contributed by atoms with Crippen LogP contribution < -0.4 is 5.46 Å². The Kier molecular flexibility index (Phi) is 1.80. The fraction of sp³-hybridized carbons (Fsp3) is 0. The summed E-state index contributed by atoms with van der Waals surface area (Å²) >= 11 is 0. The van der Waals surface area contributed by atoms with Gasteiger partial charge in [-0.15, -0.1) is 0 Å². The molecule has 0 spiro atoms. The van der Waals surface area contributed by atoms with Crippen LogP contribution in [0.2, 0.25) is 0 Å². The van der Waals surface area contributed by atoms with E-state index in [-0.39, 0.29) is 0 Å². The predicted molar refractivity (Wildman–Crippen MR) is 33.4 cm³/mol. The lowest BCUT2D eigenvalue weighted by Gasteiger charge is -2.01. The summed E-state index contributed by atoms with van der Waals surface area (Å²) < 4.78 is 37.0. The fourth-order valence-electron chi connectivity index (χ4n) is 0.597. The molecule has 0 aliphatic rings. The lowest BCUT2D eigenvalue weighted by Crippen LogP contribution is -2.15. The normalized spacial score (nSPS) is 10.1. The van der Waals surface area contributed by atoms with Crippen LogP contribution in [0.25, 0.3) is 0 Å². The second kappa shape index (κ2) is 2.49. The number of phenolic OH excluding ortho intramolecular Hbond substituents is 1. The molecule has 1 nitrogen and oxygen atoms in total.